The van der Waals surface area contributed by atoms with Gasteiger partial charge in [-0.3, -0.25) is 0 Å². The van der Waals surface area contributed by atoms with E-state index >= 15 is 0 Å². The van der Waals surface area contributed by atoms with Gasteiger partial charge in [0.2, 0.25) is 0 Å². The Morgan fingerprint density at radius 2 is 1.06 bits per heavy atom. The maximum atomic E-state index is 9.84. The molecule has 0 atom stereocenters. The predicted molar refractivity (Wildman–Crippen MR) is 146 cm³/mol. The Kier molecular flexibility index (Phi) is 7.75. The molecule has 0 aliphatic heterocycles. The molecule has 3 nitrogen and oxygen atoms in total. The van der Waals surface area contributed by atoms with Crippen molar-refractivity contribution in [3.05, 3.63) is 101 Å². The zero-order valence-corrected chi connectivity index (χ0v) is 21.0. The van der Waals surface area contributed by atoms with Gasteiger partial charge in [0.05, 0.1) is 0 Å². The lowest BCUT2D eigenvalue weighted by atomic mass is 9.82. The van der Waals surface area contributed by atoms with Crippen LogP contribution < -0.4 is 4.65 Å². The van der Waals surface area contributed by atoms with E-state index in [-0.39, 0.29) is 0 Å². The van der Waals surface area contributed by atoms with Gasteiger partial charge in [0, 0.05) is 11.1 Å². The Morgan fingerprint density at radius 3 is 1.49 bits per heavy atom. The van der Waals surface area contributed by atoms with Gasteiger partial charge in [-0.05, 0) is 67.5 Å². The molecule has 0 amide bonds. The molecule has 0 radical (unpaired) electrons. The Morgan fingerprint density at radius 1 is 0.629 bits per heavy atom. The summed E-state index contributed by atoms with van der Waals surface area (Å²) in [4.78, 5) is 0. The second kappa shape index (κ2) is 10.9. The van der Waals surface area contributed by atoms with E-state index in [4.69, 9.17) is 4.65 Å². The fraction of sp³-hybridized carbons (Fsp3) is 0.226. The standard InChI is InChI=1S/C31H33BO3/c1-5-6-7-27-20-28(35-32(33)34)30(25-16-10-22(3)11-17-25)31(26-18-12-23(4)13-19-26)29(27)24-14-8-21(2)9-15-24/h8-20,33-34H,5-7H2,1-4H3. The third kappa shape index (κ3) is 5.67. The number of hydrogen-bond donors (Lipinski definition) is 2. The predicted octanol–water partition coefficient (Wildman–Crippen LogP) is 7.30. The second-order valence-corrected chi connectivity index (χ2v) is 9.30. The van der Waals surface area contributed by atoms with E-state index in [1.54, 1.807) is 0 Å². The normalized spacial score (nSPS) is 10.9. The third-order valence-electron chi connectivity index (χ3n) is 6.43. The van der Waals surface area contributed by atoms with Gasteiger partial charge in [-0.25, -0.2) is 0 Å². The first-order chi connectivity index (χ1) is 16.9. The van der Waals surface area contributed by atoms with Crippen molar-refractivity contribution in [1.82, 2.24) is 0 Å². The highest BCUT2D eigenvalue weighted by atomic mass is 16.6. The maximum Gasteiger partial charge on any atom is 0.707 e. The zero-order chi connectivity index (χ0) is 24.9. The first kappa shape index (κ1) is 24.8. The number of hydrogen-bond acceptors (Lipinski definition) is 3. The van der Waals surface area contributed by atoms with Crippen molar-refractivity contribution in [3.8, 4) is 39.1 Å². The van der Waals surface area contributed by atoms with Crippen molar-refractivity contribution in [2.75, 3.05) is 0 Å². The quantitative estimate of drug-likeness (QED) is 0.269. The molecule has 0 unspecified atom stereocenters. The lowest BCUT2D eigenvalue weighted by Crippen LogP contribution is -2.21. The summed E-state index contributed by atoms with van der Waals surface area (Å²) in [5, 5.41) is 19.7. The van der Waals surface area contributed by atoms with Crippen molar-refractivity contribution >= 4 is 7.32 Å². The highest BCUT2D eigenvalue weighted by Crippen LogP contribution is 2.48. The minimum Gasteiger partial charge on any atom is -0.511 e. The molecule has 2 N–H and O–H groups in total. The van der Waals surface area contributed by atoms with Crippen LogP contribution in [0, 0.1) is 20.8 Å². The summed E-state index contributed by atoms with van der Waals surface area (Å²) in [5.41, 5.74) is 10.9. The molecule has 0 heterocycles. The summed E-state index contributed by atoms with van der Waals surface area (Å²) >= 11 is 0. The first-order valence-electron chi connectivity index (χ1n) is 12.3. The highest BCUT2D eigenvalue weighted by Gasteiger charge is 2.25. The summed E-state index contributed by atoms with van der Waals surface area (Å²) in [6.07, 6.45) is 2.95. The van der Waals surface area contributed by atoms with E-state index in [1.165, 1.54) is 11.1 Å². The van der Waals surface area contributed by atoms with Crippen LogP contribution in [0.5, 0.6) is 5.75 Å². The van der Waals surface area contributed by atoms with E-state index in [1.807, 2.05) is 6.07 Å². The molecule has 0 spiro atoms. The molecular formula is C31H33BO3. The van der Waals surface area contributed by atoms with Gasteiger partial charge in [0.25, 0.3) is 0 Å². The lowest BCUT2D eigenvalue weighted by molar-refractivity contribution is 0.288. The number of rotatable bonds is 8. The summed E-state index contributed by atoms with van der Waals surface area (Å²) in [7, 11) is -1.91. The van der Waals surface area contributed by atoms with Crippen LogP contribution >= 0.6 is 0 Å². The van der Waals surface area contributed by atoms with Crippen LogP contribution in [0.1, 0.15) is 42.0 Å². The van der Waals surface area contributed by atoms with Crippen LogP contribution in [0.3, 0.4) is 0 Å². The summed E-state index contributed by atoms with van der Waals surface area (Å²) in [6.45, 7) is 8.42. The molecule has 35 heavy (non-hydrogen) atoms. The molecule has 0 fully saturated rings. The van der Waals surface area contributed by atoms with Crippen molar-refractivity contribution in [2.45, 2.75) is 47.0 Å². The monoisotopic (exact) mass is 464 g/mol. The SMILES string of the molecule is CCCCc1cc(OB(O)O)c(-c2ccc(C)cc2)c(-c2ccc(C)cc2)c1-c1ccc(C)cc1. The first-order valence-corrected chi connectivity index (χ1v) is 12.3. The number of benzene rings is 4. The fourth-order valence-corrected chi connectivity index (χ4v) is 4.55. The van der Waals surface area contributed by atoms with E-state index < -0.39 is 7.32 Å². The molecule has 0 aromatic heterocycles. The molecular weight excluding hydrogens is 431 g/mol. The number of aryl methyl sites for hydroxylation is 4. The minimum atomic E-state index is -1.91. The van der Waals surface area contributed by atoms with Gasteiger partial charge < -0.3 is 14.7 Å². The molecule has 4 heteroatoms. The van der Waals surface area contributed by atoms with Crippen LogP contribution in [0.25, 0.3) is 33.4 Å². The molecule has 4 aromatic rings. The molecule has 0 bridgehead atoms. The zero-order valence-electron chi connectivity index (χ0n) is 21.0. The van der Waals surface area contributed by atoms with Gasteiger partial charge in [0.15, 0.2) is 0 Å². The Labute approximate surface area is 209 Å². The summed E-state index contributed by atoms with van der Waals surface area (Å²) in [6, 6.07) is 27.5. The summed E-state index contributed by atoms with van der Waals surface area (Å²) < 4.78 is 5.66. The topological polar surface area (TPSA) is 49.7 Å². The second-order valence-electron chi connectivity index (χ2n) is 9.30. The average molecular weight is 464 g/mol. The van der Waals surface area contributed by atoms with Crippen LogP contribution in [0.2, 0.25) is 0 Å². The van der Waals surface area contributed by atoms with E-state index in [0.717, 1.165) is 63.8 Å². The largest absolute Gasteiger partial charge is 0.707 e. The molecule has 0 aliphatic carbocycles. The Hall–Kier alpha value is -3.34. The van der Waals surface area contributed by atoms with Gasteiger partial charge in [-0.2, -0.15) is 0 Å². The lowest BCUT2D eigenvalue weighted by Gasteiger charge is -2.24. The van der Waals surface area contributed by atoms with E-state index in [0.29, 0.717) is 5.75 Å². The third-order valence-corrected chi connectivity index (χ3v) is 6.43. The molecule has 4 aromatic carbocycles. The van der Waals surface area contributed by atoms with Crippen LogP contribution in [0.15, 0.2) is 78.9 Å². The fourth-order valence-electron chi connectivity index (χ4n) is 4.55. The van der Waals surface area contributed by atoms with Gasteiger partial charge in [-0.1, -0.05) is 103 Å². The molecule has 0 saturated carbocycles. The molecule has 0 aliphatic rings. The Bertz CT molecular complexity index is 1280. The molecule has 178 valence electrons. The highest BCUT2D eigenvalue weighted by molar-refractivity contribution is 6.34. The van der Waals surface area contributed by atoms with Gasteiger partial charge in [-0.15, -0.1) is 0 Å². The maximum absolute atomic E-state index is 9.84. The molecule has 4 rings (SSSR count). The van der Waals surface area contributed by atoms with Crippen molar-refractivity contribution in [3.63, 3.8) is 0 Å². The van der Waals surface area contributed by atoms with Crippen LogP contribution in [0.4, 0.5) is 0 Å². The van der Waals surface area contributed by atoms with E-state index in [9.17, 15) is 10.0 Å². The number of unbranched alkanes of at least 4 members (excludes halogenated alkanes) is 1. The van der Waals surface area contributed by atoms with Gasteiger partial charge >= 0.3 is 7.32 Å². The van der Waals surface area contributed by atoms with Crippen molar-refractivity contribution in [1.29, 1.82) is 0 Å². The minimum absolute atomic E-state index is 0.474. The summed E-state index contributed by atoms with van der Waals surface area (Å²) in [5.74, 6) is 0.474. The van der Waals surface area contributed by atoms with Crippen LogP contribution in [-0.2, 0) is 6.42 Å². The van der Waals surface area contributed by atoms with E-state index in [2.05, 4.69) is 100 Å². The smallest absolute Gasteiger partial charge is 0.511 e. The Balaban J connectivity index is 2.14. The van der Waals surface area contributed by atoms with Crippen molar-refractivity contribution in [2.24, 2.45) is 0 Å². The van der Waals surface area contributed by atoms with Gasteiger partial charge in [0.1, 0.15) is 5.75 Å². The van der Waals surface area contributed by atoms with Crippen LogP contribution in [-0.4, -0.2) is 17.4 Å². The van der Waals surface area contributed by atoms with Crippen molar-refractivity contribution < 1.29 is 14.7 Å². The molecule has 0 saturated heterocycles. The average Bonchev–Trinajstić information content (AvgIpc) is 2.84.